The lowest BCUT2D eigenvalue weighted by molar-refractivity contribution is -0.157. The number of amides is 2. The Kier molecular flexibility index (Phi) is 2.56. The number of H-pyrrole nitrogens is 1. The molecule has 4 heterocycles. The van der Waals surface area contributed by atoms with Crippen LogP contribution in [0.4, 0.5) is 0 Å². The summed E-state index contributed by atoms with van der Waals surface area (Å²) in [4.78, 5) is 32.1. The zero-order valence-corrected chi connectivity index (χ0v) is 15.5. The minimum absolute atomic E-state index is 0.0605. The van der Waals surface area contributed by atoms with Gasteiger partial charge in [0.25, 0.3) is 0 Å². The Hall–Kier alpha value is -3.48. The number of para-hydroxylation sites is 1. The van der Waals surface area contributed by atoms with Gasteiger partial charge in [0.1, 0.15) is 8.76 Å². The summed E-state index contributed by atoms with van der Waals surface area (Å²) < 4.78 is 44.6. The summed E-state index contributed by atoms with van der Waals surface area (Å²) in [6.45, 7) is -2.60. The van der Waals surface area contributed by atoms with Crippen LogP contribution in [0.15, 0.2) is 42.5 Å². The van der Waals surface area contributed by atoms with E-state index < -0.39 is 30.6 Å². The lowest BCUT2D eigenvalue weighted by Crippen LogP contribution is -2.62. The number of rotatable bonds is 1. The molecule has 2 aromatic carbocycles. The predicted octanol–water partition coefficient (Wildman–Crippen LogP) is 2.21. The van der Waals surface area contributed by atoms with Gasteiger partial charge in [0, 0.05) is 30.1 Å². The van der Waals surface area contributed by atoms with Crippen molar-refractivity contribution in [1.29, 1.82) is 0 Å². The van der Waals surface area contributed by atoms with Crippen molar-refractivity contribution >= 4 is 22.7 Å². The lowest BCUT2D eigenvalue weighted by Gasteiger charge is -2.46. The summed E-state index contributed by atoms with van der Waals surface area (Å²) in [5.41, 5.74) is 1.99. The molecule has 1 fully saturated rings. The average molecular weight is 393 g/mol. The highest BCUT2D eigenvalue weighted by atomic mass is 16.7. The minimum Gasteiger partial charge on any atom is -0.454 e. The molecular formula is C22H19N3O4. The van der Waals surface area contributed by atoms with Crippen LogP contribution in [-0.4, -0.2) is 53.0 Å². The number of piperazine rings is 1. The first-order valence-electron chi connectivity index (χ1n) is 11.3. The summed E-state index contributed by atoms with van der Waals surface area (Å²) >= 11 is 0. The number of carbonyl (C=O) groups is 2. The van der Waals surface area contributed by atoms with E-state index in [1.807, 2.05) is 24.3 Å². The fraction of sp³-hybridized carbons (Fsp3) is 0.273. The smallest absolute Gasteiger partial charge is 0.245 e. The van der Waals surface area contributed by atoms with Crippen LogP contribution in [0.1, 0.15) is 28.3 Å². The molecule has 7 nitrogen and oxygen atoms in total. The molecule has 0 spiro atoms. The van der Waals surface area contributed by atoms with E-state index in [0.29, 0.717) is 11.3 Å². The number of carbonyl (C=O) groups excluding carboxylic acids is 2. The Balaban J connectivity index is 1.65. The van der Waals surface area contributed by atoms with Crippen LogP contribution < -0.4 is 9.47 Å². The zero-order valence-electron chi connectivity index (χ0n) is 19.5. The molecule has 3 aromatic rings. The summed E-state index contributed by atoms with van der Waals surface area (Å²) in [5.74, 6) is -0.847. The van der Waals surface area contributed by atoms with Crippen LogP contribution in [-0.2, 0) is 16.0 Å². The van der Waals surface area contributed by atoms with E-state index in [1.165, 1.54) is 30.1 Å². The number of aromatic amines is 1. The predicted molar refractivity (Wildman–Crippen MR) is 105 cm³/mol. The summed E-state index contributed by atoms with van der Waals surface area (Å²) in [6.07, 6.45) is -0.0605. The zero-order chi connectivity index (χ0) is 23.3. The molecule has 0 aliphatic carbocycles. The molecule has 2 amide bonds. The van der Waals surface area contributed by atoms with E-state index in [1.54, 1.807) is 0 Å². The topological polar surface area (TPSA) is 74.9 Å². The number of fused-ring (bicyclic) bond motifs is 5. The van der Waals surface area contributed by atoms with Crippen LogP contribution in [0, 0.1) is 0 Å². The van der Waals surface area contributed by atoms with Crippen LogP contribution in [0.5, 0.6) is 11.5 Å². The molecular weight excluding hydrogens is 370 g/mol. The molecule has 29 heavy (non-hydrogen) atoms. The Bertz CT molecular complexity index is 1370. The molecule has 1 saturated heterocycles. The molecule has 3 aliphatic rings. The molecule has 6 rings (SSSR count). The number of benzene rings is 2. The molecule has 0 bridgehead atoms. The summed E-state index contributed by atoms with van der Waals surface area (Å²) in [7, 11) is 1.48. The lowest BCUT2D eigenvalue weighted by atomic mass is 9.86. The molecule has 7 heteroatoms. The van der Waals surface area contributed by atoms with Crippen molar-refractivity contribution in [1.82, 2.24) is 14.8 Å². The molecule has 2 atom stereocenters. The fourth-order valence-electron chi connectivity index (χ4n) is 4.29. The second kappa shape index (κ2) is 5.76. The summed E-state index contributed by atoms with van der Waals surface area (Å²) in [6, 6.07) is 7.84. The van der Waals surface area contributed by atoms with Gasteiger partial charge in [-0.15, -0.1) is 0 Å². The Morgan fingerprint density at radius 3 is 2.90 bits per heavy atom. The van der Waals surface area contributed by atoms with Crippen molar-refractivity contribution in [3.05, 3.63) is 59.3 Å². The van der Waals surface area contributed by atoms with Gasteiger partial charge in [0.15, 0.2) is 11.5 Å². The van der Waals surface area contributed by atoms with Crippen molar-refractivity contribution in [2.75, 3.05) is 20.3 Å². The monoisotopic (exact) mass is 393 g/mol. The van der Waals surface area contributed by atoms with Crippen LogP contribution >= 0.6 is 0 Å². The van der Waals surface area contributed by atoms with E-state index >= 15 is 0 Å². The SMILES string of the molecule is [2H]C1([2H])Oc2ccc([C@]3([2H])c4[nH]c5ccccc5c4C[C@]4([2H])C(=O)N(C)CC(=O)N34)cc2O1. The van der Waals surface area contributed by atoms with Gasteiger partial charge in [0.05, 0.1) is 15.3 Å². The third-order valence-corrected chi connectivity index (χ3v) is 5.62. The van der Waals surface area contributed by atoms with Gasteiger partial charge in [-0.3, -0.25) is 9.59 Å². The van der Waals surface area contributed by atoms with Crippen molar-refractivity contribution in [3.8, 4) is 11.5 Å². The highest BCUT2D eigenvalue weighted by molar-refractivity contribution is 5.97. The Morgan fingerprint density at radius 1 is 1.17 bits per heavy atom. The van der Waals surface area contributed by atoms with E-state index in [-0.39, 0.29) is 30.0 Å². The van der Waals surface area contributed by atoms with Gasteiger partial charge in [0.2, 0.25) is 18.6 Å². The van der Waals surface area contributed by atoms with Crippen molar-refractivity contribution in [2.24, 2.45) is 0 Å². The van der Waals surface area contributed by atoms with E-state index in [4.69, 9.17) is 12.2 Å². The number of aromatic nitrogens is 1. The van der Waals surface area contributed by atoms with Gasteiger partial charge >= 0.3 is 0 Å². The number of nitrogens with one attached hydrogen (secondary N) is 1. The Labute approximate surface area is 172 Å². The maximum atomic E-state index is 13.3. The quantitative estimate of drug-likeness (QED) is 0.688. The highest BCUT2D eigenvalue weighted by Crippen LogP contribution is 2.44. The van der Waals surface area contributed by atoms with Crippen molar-refractivity contribution in [3.63, 3.8) is 0 Å². The second-order valence-electron chi connectivity index (χ2n) is 7.34. The van der Waals surface area contributed by atoms with Gasteiger partial charge in [-0.2, -0.15) is 0 Å². The first-order chi connectivity index (χ1) is 15.5. The maximum Gasteiger partial charge on any atom is 0.245 e. The number of ether oxygens (including phenoxy) is 2. The normalized spacial score (nSPS) is 31.6. The van der Waals surface area contributed by atoms with Crippen LogP contribution in [0.2, 0.25) is 0 Å². The summed E-state index contributed by atoms with van der Waals surface area (Å²) in [5, 5.41) is 0.779. The van der Waals surface area contributed by atoms with Crippen molar-refractivity contribution < 1.29 is 24.5 Å². The molecule has 1 N–H and O–H groups in total. The molecule has 146 valence electrons. The average Bonchev–Trinajstić information content (AvgIpc) is 3.27. The van der Waals surface area contributed by atoms with E-state index in [0.717, 1.165) is 15.8 Å². The molecule has 0 radical (unpaired) electrons. The number of nitrogens with zero attached hydrogens (tertiary/aromatic N) is 2. The first-order valence-corrected chi connectivity index (χ1v) is 9.26. The largest absolute Gasteiger partial charge is 0.454 e. The number of likely N-dealkylation sites (N-methyl/N-ethyl adjacent to an activating group) is 1. The highest BCUT2D eigenvalue weighted by Gasteiger charge is 2.47. The fourth-order valence-corrected chi connectivity index (χ4v) is 4.29. The molecule has 3 aliphatic heterocycles. The standard InChI is InChI=1S/C22H19N3O4/c1-24-10-19(26)25-16(22(24)27)9-14-13-4-2-3-5-15(13)23-20(14)21(25)12-6-7-17-18(8-12)29-11-28-17/h2-8,16,21,23H,9-11H2,1H3/t16-,21-/m1/s1/i11D2,16D,21D. The van der Waals surface area contributed by atoms with Crippen LogP contribution in [0.3, 0.4) is 0 Å². The maximum absolute atomic E-state index is 13.3. The minimum atomic E-state index is -2.35. The van der Waals surface area contributed by atoms with Gasteiger partial charge < -0.3 is 24.3 Å². The van der Waals surface area contributed by atoms with Gasteiger partial charge in [-0.05, 0) is 29.3 Å². The third kappa shape index (κ3) is 2.24. The Morgan fingerprint density at radius 2 is 2.00 bits per heavy atom. The number of hydrogen-bond acceptors (Lipinski definition) is 4. The van der Waals surface area contributed by atoms with E-state index in [2.05, 4.69) is 4.98 Å². The number of hydrogen-bond donors (Lipinski definition) is 1. The van der Waals surface area contributed by atoms with Gasteiger partial charge in [-0.1, -0.05) is 24.3 Å². The van der Waals surface area contributed by atoms with Crippen molar-refractivity contribution in [2.45, 2.75) is 18.5 Å². The molecule has 0 saturated carbocycles. The second-order valence-corrected chi connectivity index (χ2v) is 7.34. The van der Waals surface area contributed by atoms with E-state index in [9.17, 15) is 12.3 Å². The third-order valence-electron chi connectivity index (χ3n) is 5.62. The molecule has 0 unspecified atom stereocenters. The molecule has 1 aromatic heterocycles. The van der Waals surface area contributed by atoms with Gasteiger partial charge in [-0.25, -0.2) is 0 Å². The first kappa shape index (κ1) is 12.9. The van der Waals surface area contributed by atoms with Crippen LogP contribution in [0.25, 0.3) is 10.9 Å².